The molecule has 0 spiro atoms. The smallest absolute Gasteiger partial charge is 0.243 e. The van der Waals surface area contributed by atoms with Crippen LogP contribution in [0.2, 0.25) is 0 Å². The van der Waals surface area contributed by atoms with Crippen LogP contribution in [0.3, 0.4) is 0 Å². The van der Waals surface area contributed by atoms with Gasteiger partial charge in [-0.1, -0.05) is 12.1 Å². The van der Waals surface area contributed by atoms with E-state index in [9.17, 15) is 4.79 Å². The first-order chi connectivity index (χ1) is 15.0. The van der Waals surface area contributed by atoms with Crippen LogP contribution in [0.5, 0.6) is 0 Å². The molecule has 0 radical (unpaired) electrons. The summed E-state index contributed by atoms with van der Waals surface area (Å²) >= 11 is 0. The van der Waals surface area contributed by atoms with Gasteiger partial charge >= 0.3 is 0 Å². The molecule has 7 nitrogen and oxygen atoms in total. The number of hydrogen-bond donors (Lipinski definition) is 1. The molecule has 0 saturated carbocycles. The van der Waals surface area contributed by atoms with Crippen molar-refractivity contribution in [1.29, 1.82) is 0 Å². The van der Waals surface area contributed by atoms with Gasteiger partial charge in [-0.25, -0.2) is 4.99 Å². The van der Waals surface area contributed by atoms with Crippen LogP contribution < -0.4 is 10.2 Å². The summed E-state index contributed by atoms with van der Waals surface area (Å²) in [5.41, 5.74) is 2.54. The minimum absolute atomic E-state index is 0. The van der Waals surface area contributed by atoms with Gasteiger partial charge in [0.05, 0.1) is 6.10 Å². The van der Waals surface area contributed by atoms with E-state index in [1.807, 2.05) is 7.05 Å². The summed E-state index contributed by atoms with van der Waals surface area (Å²) in [5.74, 6) is 0.733. The van der Waals surface area contributed by atoms with Gasteiger partial charge in [0, 0.05) is 59.6 Å². The number of hydrogen-bond acceptors (Lipinski definition) is 4. The van der Waals surface area contributed by atoms with E-state index in [0.717, 1.165) is 45.0 Å². The summed E-state index contributed by atoms with van der Waals surface area (Å²) in [6.07, 6.45) is 7.54. The number of nitrogens with one attached hydrogen (secondary N) is 1. The van der Waals surface area contributed by atoms with Crippen molar-refractivity contribution < 1.29 is 9.53 Å². The third-order valence-electron chi connectivity index (χ3n) is 6.06. The third-order valence-corrected chi connectivity index (χ3v) is 6.06. The molecule has 1 atom stereocenters. The van der Waals surface area contributed by atoms with E-state index < -0.39 is 0 Å². The molecule has 1 aromatic carbocycles. The number of carbonyl (C=O) groups is 1. The van der Waals surface area contributed by atoms with Gasteiger partial charge in [0.2, 0.25) is 5.91 Å². The summed E-state index contributed by atoms with van der Waals surface area (Å²) in [4.78, 5) is 22.8. The predicted molar refractivity (Wildman–Crippen MR) is 142 cm³/mol. The monoisotopic (exact) mass is 557 g/mol. The number of aliphatic imine (C=N–C) groups is 1. The molecule has 0 bridgehead atoms. The van der Waals surface area contributed by atoms with Gasteiger partial charge in [-0.2, -0.15) is 0 Å². The molecule has 2 heterocycles. The fraction of sp³-hybridized carbons (Fsp3) is 0.667. The number of guanidine groups is 1. The minimum Gasteiger partial charge on any atom is -0.376 e. The standard InChI is InChI=1S/C24H39N5O2.HI/c1-27(2)23(30)18-26-24(25-17-22-9-5-8-16-31-22)28(3)19-20-10-12-21(13-11-20)29-14-6-4-7-15-29;/h10-13,22H,4-9,14-19H2,1-3H3,(H,25,26);1H. The molecule has 2 fully saturated rings. The van der Waals surface area contributed by atoms with E-state index in [0.29, 0.717) is 6.54 Å². The van der Waals surface area contributed by atoms with Gasteiger partial charge in [-0.15, -0.1) is 24.0 Å². The lowest BCUT2D eigenvalue weighted by Gasteiger charge is -2.29. The maximum absolute atomic E-state index is 12.1. The van der Waals surface area contributed by atoms with Crippen LogP contribution >= 0.6 is 24.0 Å². The van der Waals surface area contributed by atoms with Crippen LogP contribution in [0, 0.1) is 0 Å². The molecule has 180 valence electrons. The van der Waals surface area contributed by atoms with Gasteiger partial charge in [0.25, 0.3) is 0 Å². The number of amides is 1. The average Bonchev–Trinajstić information content (AvgIpc) is 2.80. The van der Waals surface area contributed by atoms with Crippen molar-refractivity contribution >= 4 is 41.5 Å². The number of benzene rings is 1. The van der Waals surface area contributed by atoms with E-state index in [4.69, 9.17) is 4.74 Å². The number of carbonyl (C=O) groups excluding carboxylic acids is 1. The molecule has 1 amide bonds. The summed E-state index contributed by atoms with van der Waals surface area (Å²) in [6, 6.07) is 8.86. The Labute approximate surface area is 210 Å². The maximum atomic E-state index is 12.1. The molecule has 1 aromatic rings. The van der Waals surface area contributed by atoms with Crippen LogP contribution in [0.25, 0.3) is 0 Å². The van der Waals surface area contributed by atoms with Crippen LogP contribution in [-0.2, 0) is 16.1 Å². The number of ether oxygens (including phenoxy) is 1. The van der Waals surface area contributed by atoms with Gasteiger partial charge < -0.3 is 24.8 Å². The number of anilines is 1. The summed E-state index contributed by atoms with van der Waals surface area (Å²) in [6.45, 7) is 4.73. The van der Waals surface area contributed by atoms with E-state index in [2.05, 4.69) is 44.4 Å². The third kappa shape index (κ3) is 8.42. The molecule has 2 aliphatic rings. The number of nitrogens with zero attached hydrogens (tertiary/aromatic N) is 4. The summed E-state index contributed by atoms with van der Waals surface area (Å²) in [7, 11) is 5.54. The second-order valence-electron chi connectivity index (χ2n) is 8.87. The van der Waals surface area contributed by atoms with Crippen molar-refractivity contribution in [2.24, 2.45) is 4.99 Å². The largest absolute Gasteiger partial charge is 0.376 e. The van der Waals surface area contributed by atoms with Crippen molar-refractivity contribution in [3.63, 3.8) is 0 Å². The van der Waals surface area contributed by atoms with Gasteiger partial charge in [-0.05, 0) is 56.2 Å². The lowest BCUT2D eigenvalue weighted by molar-refractivity contribution is -0.127. The number of piperidine rings is 1. The van der Waals surface area contributed by atoms with Crippen molar-refractivity contribution in [2.75, 3.05) is 58.8 Å². The molecule has 3 rings (SSSR count). The maximum Gasteiger partial charge on any atom is 0.243 e. The lowest BCUT2D eigenvalue weighted by atomic mass is 10.1. The normalized spacial score (nSPS) is 19.2. The number of likely N-dealkylation sites (N-methyl/N-ethyl adjacent to an activating group) is 1. The molecule has 1 unspecified atom stereocenters. The van der Waals surface area contributed by atoms with Crippen molar-refractivity contribution in [3.8, 4) is 0 Å². The highest BCUT2D eigenvalue weighted by atomic mass is 127. The van der Waals surface area contributed by atoms with Crippen LogP contribution in [0.4, 0.5) is 5.69 Å². The Morgan fingerprint density at radius 2 is 1.81 bits per heavy atom. The van der Waals surface area contributed by atoms with E-state index in [1.54, 1.807) is 19.0 Å². The first-order valence-corrected chi connectivity index (χ1v) is 11.7. The molecule has 2 aliphatic heterocycles. The minimum atomic E-state index is -0.00694. The Balaban J connectivity index is 0.00000363. The zero-order chi connectivity index (χ0) is 22.1. The molecule has 0 aromatic heterocycles. The first-order valence-electron chi connectivity index (χ1n) is 11.7. The van der Waals surface area contributed by atoms with Gasteiger partial charge in [0.1, 0.15) is 6.54 Å². The Kier molecular flexibility index (Phi) is 11.6. The van der Waals surface area contributed by atoms with Gasteiger partial charge in [0.15, 0.2) is 5.96 Å². The Hall–Kier alpha value is -1.55. The summed E-state index contributed by atoms with van der Waals surface area (Å²) in [5, 5.41) is 3.44. The summed E-state index contributed by atoms with van der Waals surface area (Å²) < 4.78 is 5.85. The fourth-order valence-electron chi connectivity index (χ4n) is 4.08. The van der Waals surface area contributed by atoms with Crippen LogP contribution in [0.1, 0.15) is 44.1 Å². The molecular weight excluding hydrogens is 517 g/mol. The Morgan fingerprint density at radius 3 is 2.44 bits per heavy atom. The molecule has 8 heteroatoms. The fourth-order valence-corrected chi connectivity index (χ4v) is 4.08. The second kappa shape index (κ2) is 13.9. The Bertz CT molecular complexity index is 714. The highest BCUT2D eigenvalue weighted by Crippen LogP contribution is 2.20. The molecule has 32 heavy (non-hydrogen) atoms. The predicted octanol–water partition coefficient (Wildman–Crippen LogP) is 3.33. The molecule has 0 aliphatic carbocycles. The quantitative estimate of drug-likeness (QED) is 0.317. The molecular formula is C24H40IN5O2. The van der Waals surface area contributed by atoms with Crippen molar-refractivity contribution in [3.05, 3.63) is 29.8 Å². The zero-order valence-electron chi connectivity index (χ0n) is 19.9. The Morgan fingerprint density at radius 1 is 1.09 bits per heavy atom. The second-order valence-corrected chi connectivity index (χ2v) is 8.87. The molecule has 1 N–H and O–H groups in total. The highest BCUT2D eigenvalue weighted by molar-refractivity contribution is 14.0. The number of halogens is 1. The van der Waals surface area contributed by atoms with E-state index in [-0.39, 0.29) is 42.5 Å². The van der Waals surface area contributed by atoms with Crippen LogP contribution in [0.15, 0.2) is 29.3 Å². The van der Waals surface area contributed by atoms with Crippen molar-refractivity contribution in [2.45, 2.75) is 51.2 Å². The SMILES string of the molecule is CN(C)C(=O)CN=C(NCC1CCCCO1)N(C)Cc1ccc(N2CCCCC2)cc1.I. The van der Waals surface area contributed by atoms with Crippen molar-refractivity contribution in [1.82, 2.24) is 15.1 Å². The average molecular weight is 558 g/mol. The zero-order valence-corrected chi connectivity index (χ0v) is 22.2. The van der Waals surface area contributed by atoms with E-state index >= 15 is 0 Å². The van der Waals surface area contributed by atoms with Crippen LogP contribution in [-0.4, -0.2) is 81.7 Å². The van der Waals surface area contributed by atoms with Gasteiger partial charge in [-0.3, -0.25) is 4.79 Å². The highest BCUT2D eigenvalue weighted by Gasteiger charge is 2.17. The topological polar surface area (TPSA) is 60.4 Å². The van der Waals surface area contributed by atoms with E-state index in [1.165, 1.54) is 36.9 Å². The molecule has 2 saturated heterocycles. The lowest BCUT2D eigenvalue weighted by Crippen LogP contribution is -2.43. The first kappa shape index (κ1) is 26.7. The number of rotatable bonds is 7.